The lowest BCUT2D eigenvalue weighted by atomic mass is 9.91. The second kappa shape index (κ2) is 11.6. The van der Waals surface area contributed by atoms with Gasteiger partial charge >= 0.3 is 6.09 Å². The van der Waals surface area contributed by atoms with Crippen molar-refractivity contribution in [1.29, 1.82) is 0 Å². The first kappa shape index (κ1) is 28.3. The Morgan fingerprint density at radius 2 is 1.79 bits per heavy atom. The summed E-state index contributed by atoms with van der Waals surface area (Å²) in [5.41, 5.74) is -1.02. The molecule has 0 spiro atoms. The van der Waals surface area contributed by atoms with Gasteiger partial charge in [-0.05, 0) is 63.9 Å². The minimum atomic E-state index is -1.75. The summed E-state index contributed by atoms with van der Waals surface area (Å²) in [6, 6.07) is 7.82. The molecule has 4 rings (SSSR count). The standard InChI is InChI=1S/C29H35F2N3O5/c1-18(2)34(23-8-6-5-7-9-23)26(35)19-10-11-25-24(14-19)33(13-12-32-28(37)38-4)27(36)29(3,39-25)20-15-21(30)17-22(31)16-20/h10-11,14-18,23H,5-9,12-13H2,1-4H3,(H,32,37). The third-order valence-electron chi connectivity index (χ3n) is 7.43. The van der Waals surface area contributed by atoms with Gasteiger partial charge in [-0.3, -0.25) is 9.59 Å². The van der Waals surface area contributed by atoms with E-state index >= 15 is 0 Å². The average Bonchev–Trinajstić information content (AvgIpc) is 2.90. The minimum Gasteiger partial charge on any atom is -0.471 e. The first-order chi connectivity index (χ1) is 18.5. The van der Waals surface area contributed by atoms with E-state index in [4.69, 9.17) is 4.74 Å². The van der Waals surface area contributed by atoms with Gasteiger partial charge in [0.2, 0.25) is 5.60 Å². The Labute approximate surface area is 227 Å². The Balaban J connectivity index is 1.73. The number of benzene rings is 2. The van der Waals surface area contributed by atoms with Gasteiger partial charge in [0.05, 0.1) is 12.8 Å². The van der Waals surface area contributed by atoms with E-state index in [1.807, 2.05) is 18.7 Å². The number of carbonyl (C=O) groups is 3. The Bertz CT molecular complexity index is 1230. The van der Waals surface area contributed by atoms with Gasteiger partial charge in [-0.25, -0.2) is 13.6 Å². The molecule has 0 aromatic heterocycles. The van der Waals surface area contributed by atoms with Gasteiger partial charge in [0.1, 0.15) is 17.4 Å². The highest BCUT2D eigenvalue weighted by Crippen LogP contribution is 2.43. The molecule has 210 valence electrons. The van der Waals surface area contributed by atoms with Crippen molar-refractivity contribution in [2.45, 2.75) is 70.6 Å². The van der Waals surface area contributed by atoms with Gasteiger partial charge in [0, 0.05) is 42.4 Å². The predicted octanol–water partition coefficient (Wildman–Crippen LogP) is 5.14. The minimum absolute atomic E-state index is 0.00464. The highest BCUT2D eigenvalue weighted by atomic mass is 19.1. The first-order valence-corrected chi connectivity index (χ1v) is 13.3. The largest absolute Gasteiger partial charge is 0.471 e. The molecule has 1 aliphatic carbocycles. The Hall–Kier alpha value is -3.69. The summed E-state index contributed by atoms with van der Waals surface area (Å²) in [6.07, 6.45) is 4.54. The molecule has 1 aliphatic heterocycles. The zero-order valence-corrected chi connectivity index (χ0v) is 22.8. The maximum Gasteiger partial charge on any atom is 0.406 e. The predicted molar refractivity (Wildman–Crippen MR) is 142 cm³/mol. The number of alkyl carbamates (subject to hydrolysis) is 1. The van der Waals surface area contributed by atoms with Gasteiger partial charge in [-0.2, -0.15) is 0 Å². The van der Waals surface area contributed by atoms with Crippen LogP contribution in [0.4, 0.5) is 19.3 Å². The summed E-state index contributed by atoms with van der Waals surface area (Å²) in [5, 5.41) is 2.54. The van der Waals surface area contributed by atoms with E-state index in [-0.39, 0.29) is 42.4 Å². The smallest absolute Gasteiger partial charge is 0.406 e. The van der Waals surface area contributed by atoms with Crippen molar-refractivity contribution < 1.29 is 32.6 Å². The van der Waals surface area contributed by atoms with Crippen molar-refractivity contribution in [3.05, 3.63) is 59.2 Å². The summed E-state index contributed by atoms with van der Waals surface area (Å²) in [5.74, 6) is -2.15. The molecule has 2 aromatic rings. The van der Waals surface area contributed by atoms with E-state index in [9.17, 15) is 23.2 Å². The highest BCUT2D eigenvalue weighted by Gasteiger charge is 2.47. The summed E-state index contributed by atoms with van der Waals surface area (Å²) in [4.78, 5) is 42.5. The molecule has 0 saturated heterocycles. The quantitative estimate of drug-likeness (QED) is 0.522. The van der Waals surface area contributed by atoms with Crippen molar-refractivity contribution in [3.8, 4) is 5.75 Å². The highest BCUT2D eigenvalue weighted by molar-refractivity contribution is 6.05. The average molecular weight is 544 g/mol. The topological polar surface area (TPSA) is 88.2 Å². The van der Waals surface area contributed by atoms with E-state index in [2.05, 4.69) is 10.1 Å². The van der Waals surface area contributed by atoms with Crippen molar-refractivity contribution in [2.24, 2.45) is 0 Å². The third kappa shape index (κ3) is 5.84. The lowest BCUT2D eigenvalue weighted by Gasteiger charge is -2.41. The van der Waals surface area contributed by atoms with Gasteiger partial charge in [0.25, 0.3) is 11.8 Å². The number of nitrogens with one attached hydrogen (secondary N) is 1. The Morgan fingerprint density at radius 3 is 2.41 bits per heavy atom. The van der Waals surface area contributed by atoms with Crippen molar-refractivity contribution in [3.63, 3.8) is 0 Å². The first-order valence-electron chi connectivity index (χ1n) is 13.3. The van der Waals surface area contributed by atoms with Crippen molar-refractivity contribution in [1.82, 2.24) is 10.2 Å². The van der Waals surface area contributed by atoms with Gasteiger partial charge in [-0.15, -0.1) is 0 Å². The zero-order valence-electron chi connectivity index (χ0n) is 22.8. The van der Waals surface area contributed by atoms with Gasteiger partial charge in [0.15, 0.2) is 0 Å². The number of halogens is 2. The monoisotopic (exact) mass is 543 g/mol. The van der Waals surface area contributed by atoms with Crippen LogP contribution in [0.15, 0.2) is 36.4 Å². The molecule has 39 heavy (non-hydrogen) atoms. The lowest BCUT2D eigenvalue weighted by Crippen LogP contribution is -2.54. The van der Waals surface area contributed by atoms with Crippen LogP contribution in [-0.4, -0.2) is 55.1 Å². The van der Waals surface area contributed by atoms with E-state index in [0.717, 1.165) is 50.3 Å². The third-order valence-corrected chi connectivity index (χ3v) is 7.43. The van der Waals surface area contributed by atoms with Gasteiger partial charge in [-0.1, -0.05) is 19.3 Å². The molecule has 8 nitrogen and oxygen atoms in total. The molecule has 10 heteroatoms. The summed E-state index contributed by atoms with van der Waals surface area (Å²) in [6.45, 7) is 5.46. The molecule has 1 heterocycles. The normalized spacial score (nSPS) is 19.4. The van der Waals surface area contributed by atoms with Gasteiger partial charge < -0.3 is 24.6 Å². The van der Waals surface area contributed by atoms with Crippen LogP contribution in [0.25, 0.3) is 0 Å². The number of hydrogen-bond donors (Lipinski definition) is 1. The fraction of sp³-hybridized carbons (Fsp3) is 0.483. The molecule has 1 fully saturated rings. The van der Waals surface area contributed by atoms with E-state index in [1.54, 1.807) is 18.2 Å². The van der Waals surface area contributed by atoms with E-state index < -0.39 is 29.2 Å². The number of amides is 3. The number of anilines is 1. The molecule has 1 atom stereocenters. The molecule has 0 radical (unpaired) electrons. The molecule has 1 unspecified atom stereocenters. The number of nitrogens with zero attached hydrogens (tertiary/aromatic N) is 2. The van der Waals surface area contributed by atoms with Crippen LogP contribution < -0.4 is 15.0 Å². The maximum atomic E-state index is 14.1. The number of ether oxygens (including phenoxy) is 2. The number of methoxy groups -OCH3 is 1. The molecule has 3 amide bonds. The van der Waals surface area contributed by atoms with Crippen LogP contribution in [0.1, 0.15) is 68.8 Å². The Morgan fingerprint density at radius 1 is 1.13 bits per heavy atom. The molecule has 0 bridgehead atoms. The lowest BCUT2D eigenvalue weighted by molar-refractivity contribution is -0.135. The van der Waals surface area contributed by atoms with E-state index in [0.29, 0.717) is 11.3 Å². The maximum absolute atomic E-state index is 14.1. The number of carbonyl (C=O) groups excluding carboxylic acids is 3. The summed E-state index contributed by atoms with van der Waals surface area (Å²) < 4.78 is 39.0. The van der Waals surface area contributed by atoms with Crippen LogP contribution in [0.5, 0.6) is 5.75 Å². The van der Waals surface area contributed by atoms with Crippen LogP contribution in [0.2, 0.25) is 0 Å². The summed E-state index contributed by atoms with van der Waals surface area (Å²) >= 11 is 0. The molecule has 1 saturated carbocycles. The zero-order chi connectivity index (χ0) is 28.3. The Kier molecular flexibility index (Phi) is 8.42. The SMILES string of the molecule is COC(=O)NCCN1C(=O)C(C)(c2cc(F)cc(F)c2)Oc2ccc(C(=O)N(C(C)C)C3CCCCC3)cc21. The molecule has 2 aliphatic rings. The van der Waals surface area contributed by atoms with Crippen molar-refractivity contribution in [2.75, 3.05) is 25.1 Å². The molecule has 2 aromatic carbocycles. The van der Waals surface area contributed by atoms with Crippen LogP contribution >= 0.6 is 0 Å². The summed E-state index contributed by atoms with van der Waals surface area (Å²) in [7, 11) is 1.23. The van der Waals surface area contributed by atoms with Crippen molar-refractivity contribution >= 4 is 23.6 Å². The van der Waals surface area contributed by atoms with Crippen LogP contribution in [0.3, 0.4) is 0 Å². The number of hydrogen-bond acceptors (Lipinski definition) is 5. The fourth-order valence-corrected chi connectivity index (χ4v) is 5.48. The second-order valence-electron chi connectivity index (χ2n) is 10.4. The van der Waals surface area contributed by atoms with Crippen LogP contribution in [-0.2, 0) is 15.1 Å². The second-order valence-corrected chi connectivity index (χ2v) is 10.4. The molecule has 1 N–H and O–H groups in total. The number of fused-ring (bicyclic) bond motifs is 1. The molecular formula is C29H35F2N3O5. The fourth-order valence-electron chi connectivity index (χ4n) is 5.48. The van der Waals surface area contributed by atoms with E-state index in [1.165, 1.54) is 18.9 Å². The van der Waals surface area contributed by atoms with Crippen LogP contribution in [0, 0.1) is 11.6 Å². The molecular weight excluding hydrogens is 508 g/mol. The number of rotatable bonds is 7.